The van der Waals surface area contributed by atoms with Crippen LogP contribution in [0.4, 0.5) is 5.82 Å². The standard InChI is InChI=1S/C11H12N4O2/c16-10(17)2-1-9-11(14-4-3-13-9)15-7-5-12-6-8-15/h3-4,12H,5-8H2,(H,16,17). The van der Waals surface area contributed by atoms with Crippen LogP contribution in [0.2, 0.25) is 0 Å². The van der Waals surface area contributed by atoms with Crippen LogP contribution in [-0.4, -0.2) is 47.2 Å². The molecule has 1 saturated heterocycles. The van der Waals surface area contributed by atoms with E-state index in [0.29, 0.717) is 11.5 Å². The first-order valence-electron chi connectivity index (χ1n) is 5.29. The van der Waals surface area contributed by atoms with Gasteiger partial charge in [0.15, 0.2) is 11.5 Å². The first-order chi connectivity index (χ1) is 8.27. The lowest BCUT2D eigenvalue weighted by atomic mass is 10.3. The van der Waals surface area contributed by atoms with Crippen molar-refractivity contribution < 1.29 is 9.90 Å². The summed E-state index contributed by atoms with van der Waals surface area (Å²) in [5, 5.41) is 11.8. The van der Waals surface area contributed by atoms with Gasteiger partial charge in [0.05, 0.1) is 0 Å². The molecule has 6 heteroatoms. The van der Waals surface area contributed by atoms with Crippen molar-refractivity contribution in [1.82, 2.24) is 15.3 Å². The van der Waals surface area contributed by atoms with Crippen molar-refractivity contribution in [3.8, 4) is 11.8 Å². The van der Waals surface area contributed by atoms with E-state index in [1.165, 1.54) is 6.20 Å². The summed E-state index contributed by atoms with van der Waals surface area (Å²) in [5.41, 5.74) is 0.414. The van der Waals surface area contributed by atoms with E-state index < -0.39 is 5.97 Å². The smallest absolute Gasteiger partial charge is 0.382 e. The van der Waals surface area contributed by atoms with Crippen molar-refractivity contribution in [2.45, 2.75) is 0 Å². The zero-order valence-corrected chi connectivity index (χ0v) is 9.18. The number of carboxylic acids is 1. The van der Waals surface area contributed by atoms with Crippen LogP contribution in [0.15, 0.2) is 12.4 Å². The first kappa shape index (κ1) is 11.4. The molecule has 0 unspecified atom stereocenters. The number of carboxylic acid groups (broad SMARTS) is 1. The molecule has 0 radical (unpaired) electrons. The largest absolute Gasteiger partial charge is 0.472 e. The summed E-state index contributed by atoms with van der Waals surface area (Å²) in [5.74, 6) is 4.08. The maximum atomic E-state index is 10.4. The molecule has 1 aliphatic heterocycles. The van der Waals surface area contributed by atoms with Crippen molar-refractivity contribution in [1.29, 1.82) is 0 Å². The van der Waals surface area contributed by atoms with E-state index in [0.717, 1.165) is 26.2 Å². The number of nitrogens with zero attached hydrogens (tertiary/aromatic N) is 3. The predicted molar refractivity (Wildman–Crippen MR) is 61.6 cm³/mol. The number of aliphatic carboxylic acids is 1. The third-order valence-electron chi connectivity index (χ3n) is 2.38. The molecule has 0 aliphatic carbocycles. The van der Waals surface area contributed by atoms with Gasteiger partial charge in [0.25, 0.3) is 0 Å². The van der Waals surface area contributed by atoms with Crippen LogP contribution in [0.1, 0.15) is 5.69 Å². The van der Waals surface area contributed by atoms with E-state index in [-0.39, 0.29) is 0 Å². The Morgan fingerprint density at radius 3 is 2.76 bits per heavy atom. The minimum Gasteiger partial charge on any atom is -0.472 e. The highest BCUT2D eigenvalue weighted by atomic mass is 16.4. The Bertz CT molecular complexity index is 472. The Morgan fingerprint density at radius 1 is 1.35 bits per heavy atom. The fraction of sp³-hybridized carbons (Fsp3) is 0.364. The highest BCUT2D eigenvalue weighted by Crippen LogP contribution is 2.13. The number of hydrogen-bond donors (Lipinski definition) is 2. The lowest BCUT2D eigenvalue weighted by molar-refractivity contribution is -0.130. The molecule has 0 bridgehead atoms. The van der Waals surface area contributed by atoms with Crippen molar-refractivity contribution >= 4 is 11.8 Å². The van der Waals surface area contributed by atoms with Gasteiger partial charge in [0.2, 0.25) is 0 Å². The maximum absolute atomic E-state index is 10.4. The zero-order chi connectivity index (χ0) is 12.1. The van der Waals surface area contributed by atoms with Gasteiger partial charge in [-0.1, -0.05) is 0 Å². The average molecular weight is 232 g/mol. The fourth-order valence-corrected chi connectivity index (χ4v) is 1.64. The molecule has 0 aromatic carbocycles. The molecule has 0 spiro atoms. The second kappa shape index (κ2) is 5.27. The van der Waals surface area contributed by atoms with Crippen molar-refractivity contribution in [2.24, 2.45) is 0 Å². The second-order valence-corrected chi connectivity index (χ2v) is 3.52. The molecule has 2 rings (SSSR count). The summed E-state index contributed by atoms with van der Waals surface area (Å²) < 4.78 is 0. The Morgan fingerprint density at radius 2 is 2.06 bits per heavy atom. The number of anilines is 1. The van der Waals surface area contributed by atoms with Crippen LogP contribution in [0.5, 0.6) is 0 Å². The molecule has 1 aromatic rings. The number of rotatable bonds is 1. The molecule has 0 amide bonds. The van der Waals surface area contributed by atoms with Gasteiger partial charge >= 0.3 is 5.97 Å². The Kier molecular flexibility index (Phi) is 3.52. The van der Waals surface area contributed by atoms with Crippen molar-refractivity contribution in [3.05, 3.63) is 18.1 Å². The topological polar surface area (TPSA) is 78.3 Å². The molecule has 88 valence electrons. The van der Waals surface area contributed by atoms with Crippen LogP contribution >= 0.6 is 0 Å². The molecule has 1 aromatic heterocycles. The summed E-state index contributed by atoms with van der Waals surface area (Å²) in [6.07, 6.45) is 3.10. The molecule has 2 N–H and O–H groups in total. The molecule has 1 fully saturated rings. The zero-order valence-electron chi connectivity index (χ0n) is 9.18. The van der Waals surface area contributed by atoms with E-state index in [1.807, 2.05) is 0 Å². The number of aromatic nitrogens is 2. The molecule has 2 heterocycles. The summed E-state index contributed by atoms with van der Waals surface area (Å²) >= 11 is 0. The van der Waals surface area contributed by atoms with Gasteiger partial charge < -0.3 is 15.3 Å². The second-order valence-electron chi connectivity index (χ2n) is 3.52. The average Bonchev–Trinajstić information content (AvgIpc) is 2.38. The van der Waals surface area contributed by atoms with Crippen LogP contribution in [-0.2, 0) is 4.79 Å². The molecule has 0 saturated carbocycles. The fourth-order valence-electron chi connectivity index (χ4n) is 1.64. The minimum absolute atomic E-state index is 0.414. The predicted octanol–water partition coefficient (Wildman–Crippen LogP) is -0.678. The van der Waals surface area contributed by atoms with E-state index in [4.69, 9.17) is 5.11 Å². The maximum Gasteiger partial charge on any atom is 0.382 e. The van der Waals surface area contributed by atoms with E-state index in [9.17, 15) is 4.79 Å². The number of hydrogen-bond acceptors (Lipinski definition) is 5. The van der Waals surface area contributed by atoms with E-state index >= 15 is 0 Å². The number of piperazine rings is 1. The Balaban J connectivity index is 2.27. The third-order valence-corrected chi connectivity index (χ3v) is 2.38. The molecule has 6 nitrogen and oxygen atoms in total. The molecular formula is C11H12N4O2. The number of nitrogens with one attached hydrogen (secondary N) is 1. The van der Waals surface area contributed by atoms with Gasteiger partial charge in [-0.3, -0.25) is 0 Å². The lowest BCUT2D eigenvalue weighted by Gasteiger charge is -2.28. The Hall–Kier alpha value is -2.13. The first-order valence-corrected chi connectivity index (χ1v) is 5.29. The van der Waals surface area contributed by atoms with Crippen LogP contribution in [0.25, 0.3) is 0 Å². The third kappa shape index (κ3) is 2.92. The van der Waals surface area contributed by atoms with Gasteiger partial charge in [-0.05, 0) is 5.92 Å². The highest BCUT2D eigenvalue weighted by Gasteiger charge is 2.15. The monoisotopic (exact) mass is 232 g/mol. The quantitative estimate of drug-likeness (QED) is 0.625. The Labute approximate surface area is 98.7 Å². The van der Waals surface area contributed by atoms with Gasteiger partial charge in [0, 0.05) is 44.5 Å². The van der Waals surface area contributed by atoms with Gasteiger partial charge in [0.1, 0.15) is 0 Å². The van der Waals surface area contributed by atoms with Crippen molar-refractivity contribution in [2.75, 3.05) is 31.1 Å². The number of carbonyl (C=O) groups is 1. The van der Waals surface area contributed by atoms with Gasteiger partial charge in [-0.15, -0.1) is 0 Å². The summed E-state index contributed by atoms with van der Waals surface area (Å²) in [4.78, 5) is 20.8. The van der Waals surface area contributed by atoms with Crippen LogP contribution in [0, 0.1) is 11.8 Å². The van der Waals surface area contributed by atoms with Crippen LogP contribution in [0.3, 0.4) is 0 Å². The molecule has 0 atom stereocenters. The normalized spacial score (nSPS) is 14.9. The lowest BCUT2D eigenvalue weighted by Crippen LogP contribution is -2.44. The highest BCUT2D eigenvalue weighted by molar-refractivity contribution is 5.87. The van der Waals surface area contributed by atoms with Crippen molar-refractivity contribution in [3.63, 3.8) is 0 Å². The van der Waals surface area contributed by atoms with E-state index in [1.54, 1.807) is 6.20 Å². The molecule has 1 aliphatic rings. The summed E-state index contributed by atoms with van der Waals surface area (Å²) in [6, 6.07) is 0. The minimum atomic E-state index is -1.16. The SMILES string of the molecule is O=C(O)C#Cc1nccnc1N1CCNCC1. The van der Waals surface area contributed by atoms with Gasteiger partial charge in [-0.2, -0.15) is 0 Å². The molecule has 17 heavy (non-hydrogen) atoms. The van der Waals surface area contributed by atoms with Crippen LogP contribution < -0.4 is 10.2 Å². The summed E-state index contributed by atoms with van der Waals surface area (Å²) in [6.45, 7) is 3.39. The van der Waals surface area contributed by atoms with E-state index in [2.05, 4.69) is 32.0 Å². The van der Waals surface area contributed by atoms with Gasteiger partial charge in [-0.25, -0.2) is 14.8 Å². The summed E-state index contributed by atoms with van der Waals surface area (Å²) in [7, 11) is 0. The molecular weight excluding hydrogens is 220 g/mol.